The third-order valence-electron chi connectivity index (χ3n) is 3.67. The van der Waals surface area contributed by atoms with Crippen molar-refractivity contribution >= 4 is 11.4 Å². The molecule has 0 bridgehead atoms. The number of nitrogens with one attached hydrogen (secondary N) is 1. The lowest BCUT2D eigenvalue weighted by atomic mass is 10.1. The van der Waals surface area contributed by atoms with Gasteiger partial charge in [0.2, 0.25) is 0 Å². The van der Waals surface area contributed by atoms with E-state index in [9.17, 15) is 0 Å². The van der Waals surface area contributed by atoms with Gasteiger partial charge in [0.05, 0.1) is 43.2 Å². The van der Waals surface area contributed by atoms with E-state index in [4.69, 9.17) is 9.15 Å². The van der Waals surface area contributed by atoms with Crippen LogP contribution in [0, 0.1) is 0 Å². The largest absolute Gasteiger partial charge is 0.472 e. The average molecular weight is 272 g/mol. The van der Waals surface area contributed by atoms with Crippen molar-refractivity contribution in [3.63, 3.8) is 0 Å². The number of benzene rings is 1. The van der Waals surface area contributed by atoms with Crippen molar-refractivity contribution in [1.29, 1.82) is 0 Å². The Hall–Kier alpha value is -1.94. The first-order valence-corrected chi connectivity index (χ1v) is 7.05. The average Bonchev–Trinajstić information content (AvgIpc) is 3.03. The molecule has 1 aromatic heterocycles. The minimum atomic E-state index is 0.218. The van der Waals surface area contributed by atoms with Gasteiger partial charge in [-0.25, -0.2) is 0 Å². The third-order valence-corrected chi connectivity index (χ3v) is 3.67. The number of hydrogen-bond donors (Lipinski definition) is 1. The van der Waals surface area contributed by atoms with Crippen LogP contribution in [0.15, 0.2) is 47.3 Å². The number of anilines is 2. The summed E-state index contributed by atoms with van der Waals surface area (Å²) in [6.45, 7) is 5.62. The van der Waals surface area contributed by atoms with Gasteiger partial charge in [-0.3, -0.25) is 0 Å². The Morgan fingerprint density at radius 3 is 2.70 bits per heavy atom. The SMILES string of the molecule is CC(Nc1ccccc1N1CCOCC1)c1ccoc1. The first-order chi connectivity index (χ1) is 9.84. The first-order valence-electron chi connectivity index (χ1n) is 7.05. The molecule has 0 amide bonds. The molecular formula is C16H20N2O2. The molecule has 4 nitrogen and oxygen atoms in total. The summed E-state index contributed by atoms with van der Waals surface area (Å²) < 4.78 is 10.6. The van der Waals surface area contributed by atoms with Crippen LogP contribution in [0.2, 0.25) is 0 Å². The molecule has 0 radical (unpaired) electrons. The summed E-state index contributed by atoms with van der Waals surface area (Å²) in [6.07, 6.45) is 3.50. The van der Waals surface area contributed by atoms with Crippen LogP contribution in [-0.4, -0.2) is 26.3 Å². The molecule has 0 saturated carbocycles. The summed E-state index contributed by atoms with van der Waals surface area (Å²) >= 11 is 0. The molecule has 2 heterocycles. The minimum absolute atomic E-state index is 0.218. The van der Waals surface area contributed by atoms with Gasteiger partial charge < -0.3 is 19.4 Å². The summed E-state index contributed by atoms with van der Waals surface area (Å²) in [7, 11) is 0. The highest BCUT2D eigenvalue weighted by atomic mass is 16.5. The Morgan fingerprint density at radius 2 is 1.95 bits per heavy atom. The van der Waals surface area contributed by atoms with Crippen LogP contribution in [0.4, 0.5) is 11.4 Å². The highest BCUT2D eigenvalue weighted by Crippen LogP contribution is 2.29. The number of furan rings is 1. The Balaban J connectivity index is 1.78. The Labute approximate surface area is 119 Å². The fourth-order valence-electron chi connectivity index (χ4n) is 2.51. The van der Waals surface area contributed by atoms with E-state index < -0.39 is 0 Å². The second kappa shape index (κ2) is 6.01. The first kappa shape index (κ1) is 13.1. The van der Waals surface area contributed by atoms with Crippen LogP contribution in [0.1, 0.15) is 18.5 Å². The fourth-order valence-corrected chi connectivity index (χ4v) is 2.51. The molecule has 0 aliphatic carbocycles. The van der Waals surface area contributed by atoms with E-state index in [1.54, 1.807) is 12.5 Å². The molecule has 1 fully saturated rings. The molecule has 2 aromatic rings. The van der Waals surface area contributed by atoms with Crippen molar-refractivity contribution < 1.29 is 9.15 Å². The zero-order valence-corrected chi connectivity index (χ0v) is 11.7. The maximum Gasteiger partial charge on any atom is 0.0955 e. The quantitative estimate of drug-likeness (QED) is 0.926. The van der Waals surface area contributed by atoms with Crippen molar-refractivity contribution in [3.8, 4) is 0 Å². The second-order valence-electron chi connectivity index (χ2n) is 5.04. The van der Waals surface area contributed by atoms with E-state index in [-0.39, 0.29) is 6.04 Å². The van der Waals surface area contributed by atoms with Crippen LogP contribution in [0.5, 0.6) is 0 Å². The van der Waals surface area contributed by atoms with Gasteiger partial charge in [0.25, 0.3) is 0 Å². The zero-order chi connectivity index (χ0) is 13.8. The Kier molecular flexibility index (Phi) is 3.92. The van der Waals surface area contributed by atoms with Crippen molar-refractivity contribution in [3.05, 3.63) is 48.4 Å². The number of hydrogen-bond acceptors (Lipinski definition) is 4. The van der Waals surface area contributed by atoms with E-state index in [0.717, 1.165) is 37.6 Å². The normalized spacial score (nSPS) is 16.9. The predicted octanol–water partition coefficient (Wildman–Crippen LogP) is 3.29. The van der Waals surface area contributed by atoms with Crippen LogP contribution in [0.3, 0.4) is 0 Å². The van der Waals surface area contributed by atoms with Gasteiger partial charge in [0.15, 0.2) is 0 Å². The summed E-state index contributed by atoms with van der Waals surface area (Å²) in [4.78, 5) is 2.37. The Morgan fingerprint density at radius 1 is 1.15 bits per heavy atom. The van der Waals surface area contributed by atoms with E-state index in [1.807, 2.05) is 6.07 Å². The van der Waals surface area contributed by atoms with Crippen LogP contribution in [-0.2, 0) is 4.74 Å². The van der Waals surface area contributed by atoms with E-state index in [2.05, 4.69) is 41.4 Å². The molecular weight excluding hydrogens is 252 g/mol. The molecule has 1 aliphatic heterocycles. The molecule has 1 aliphatic rings. The van der Waals surface area contributed by atoms with Crippen LogP contribution >= 0.6 is 0 Å². The van der Waals surface area contributed by atoms with Gasteiger partial charge in [0.1, 0.15) is 0 Å². The van der Waals surface area contributed by atoms with Gasteiger partial charge in [-0.05, 0) is 25.1 Å². The summed E-state index contributed by atoms with van der Waals surface area (Å²) in [5.74, 6) is 0. The standard InChI is InChI=1S/C16H20N2O2/c1-13(14-6-9-20-12-14)17-15-4-2-3-5-16(15)18-7-10-19-11-8-18/h2-6,9,12-13,17H,7-8,10-11H2,1H3. The van der Waals surface area contributed by atoms with Gasteiger partial charge in [-0.2, -0.15) is 0 Å². The number of rotatable bonds is 4. The van der Waals surface area contributed by atoms with Crippen LogP contribution < -0.4 is 10.2 Å². The maximum atomic E-state index is 5.43. The second-order valence-corrected chi connectivity index (χ2v) is 5.04. The molecule has 1 N–H and O–H groups in total. The molecule has 3 rings (SSSR count). The van der Waals surface area contributed by atoms with Gasteiger partial charge in [0, 0.05) is 18.7 Å². The smallest absolute Gasteiger partial charge is 0.0955 e. The van der Waals surface area contributed by atoms with Crippen molar-refractivity contribution in [2.75, 3.05) is 36.5 Å². The van der Waals surface area contributed by atoms with Gasteiger partial charge in [-0.1, -0.05) is 12.1 Å². The summed E-state index contributed by atoms with van der Waals surface area (Å²) in [5.41, 5.74) is 3.55. The highest BCUT2D eigenvalue weighted by molar-refractivity contribution is 5.70. The molecule has 1 atom stereocenters. The predicted molar refractivity (Wildman–Crippen MR) is 80.2 cm³/mol. The number of morpholine rings is 1. The van der Waals surface area contributed by atoms with Gasteiger partial charge >= 0.3 is 0 Å². The topological polar surface area (TPSA) is 37.6 Å². The lowest BCUT2D eigenvalue weighted by Gasteiger charge is -2.31. The fraction of sp³-hybridized carbons (Fsp3) is 0.375. The maximum absolute atomic E-state index is 5.43. The van der Waals surface area contributed by atoms with E-state index in [1.165, 1.54) is 5.69 Å². The minimum Gasteiger partial charge on any atom is -0.472 e. The molecule has 1 saturated heterocycles. The molecule has 1 unspecified atom stereocenters. The summed E-state index contributed by atoms with van der Waals surface area (Å²) in [5, 5.41) is 3.57. The van der Waals surface area contributed by atoms with Crippen molar-refractivity contribution in [1.82, 2.24) is 0 Å². The van der Waals surface area contributed by atoms with Crippen LogP contribution in [0.25, 0.3) is 0 Å². The number of ether oxygens (including phenoxy) is 1. The third kappa shape index (κ3) is 2.80. The number of para-hydroxylation sites is 2. The molecule has 20 heavy (non-hydrogen) atoms. The molecule has 4 heteroatoms. The lowest BCUT2D eigenvalue weighted by Crippen LogP contribution is -2.36. The van der Waals surface area contributed by atoms with Gasteiger partial charge in [-0.15, -0.1) is 0 Å². The number of nitrogens with zero attached hydrogens (tertiary/aromatic N) is 1. The molecule has 106 valence electrons. The lowest BCUT2D eigenvalue weighted by molar-refractivity contribution is 0.123. The highest BCUT2D eigenvalue weighted by Gasteiger charge is 2.16. The Bertz CT molecular complexity index is 533. The molecule has 1 aromatic carbocycles. The summed E-state index contributed by atoms with van der Waals surface area (Å²) in [6, 6.07) is 10.6. The van der Waals surface area contributed by atoms with E-state index in [0.29, 0.717) is 0 Å². The van der Waals surface area contributed by atoms with Crippen molar-refractivity contribution in [2.24, 2.45) is 0 Å². The zero-order valence-electron chi connectivity index (χ0n) is 11.7. The molecule has 0 spiro atoms. The van der Waals surface area contributed by atoms with Crippen molar-refractivity contribution in [2.45, 2.75) is 13.0 Å². The monoisotopic (exact) mass is 272 g/mol. The van der Waals surface area contributed by atoms with E-state index >= 15 is 0 Å².